The van der Waals surface area contributed by atoms with E-state index in [0.717, 1.165) is 49.8 Å². The first-order valence-corrected chi connectivity index (χ1v) is 23.2. The minimum absolute atomic E-state index is 0.0442. The van der Waals surface area contributed by atoms with Gasteiger partial charge in [-0.3, -0.25) is 9.69 Å². The molecule has 0 spiro atoms. The molecule has 71 heavy (non-hydrogen) atoms. The average Bonchev–Trinajstić information content (AvgIpc) is 4.20. The molecule has 0 amide bonds. The number of carbonyl (C=O) groups is 1. The Kier molecular flexibility index (Phi) is 13.8. The van der Waals surface area contributed by atoms with Gasteiger partial charge in [0.15, 0.2) is 16.7 Å². The molecule has 0 bridgehead atoms. The number of carbonyl (C=O) groups excluding carboxylic acids is 1. The molecule has 2 N–H and O–H groups in total. The van der Waals surface area contributed by atoms with Gasteiger partial charge in [-0.15, -0.1) is 0 Å². The number of alkyl halides is 2. The fourth-order valence-corrected chi connectivity index (χ4v) is 9.36. The van der Waals surface area contributed by atoms with Gasteiger partial charge in [0, 0.05) is 39.3 Å². The average molecular weight is 1020 g/mol. The molecule has 0 unspecified atom stereocenters. The van der Waals surface area contributed by atoms with Gasteiger partial charge in [0.1, 0.15) is 40.5 Å². The third-order valence-electron chi connectivity index (χ3n) is 12.6. The SMILES string of the molecule is COC(=O)[C@@H]1CCCN1Cc1cc2nc(-c3cccc(-c4cccc(-c5nc6cc(CO)cc(C#N)c6o5)c4C)c3C)oc2cc1OC(F)F.Cc1c(Br)cccc1-c1nc2cc(CO)cc(C#N)c2o1. The number of benzene rings is 6. The van der Waals surface area contributed by atoms with E-state index < -0.39 is 12.7 Å². The highest BCUT2D eigenvalue weighted by atomic mass is 79.9. The van der Waals surface area contributed by atoms with Crippen LogP contribution in [-0.2, 0) is 29.3 Å². The van der Waals surface area contributed by atoms with Crippen molar-refractivity contribution in [1.82, 2.24) is 19.9 Å². The Morgan fingerprint density at radius 1 is 0.746 bits per heavy atom. The number of nitriles is 2. The van der Waals surface area contributed by atoms with Crippen LogP contribution in [0.5, 0.6) is 5.75 Å². The van der Waals surface area contributed by atoms with Crippen molar-refractivity contribution in [2.24, 2.45) is 0 Å². The van der Waals surface area contributed by atoms with Crippen molar-refractivity contribution in [2.75, 3.05) is 13.7 Å². The van der Waals surface area contributed by atoms with E-state index in [1.165, 1.54) is 13.2 Å². The number of hydrogen-bond acceptors (Lipinski definition) is 14. The first kappa shape index (κ1) is 48.2. The van der Waals surface area contributed by atoms with Crippen LogP contribution in [0.1, 0.15) is 57.3 Å². The molecule has 6 aromatic carbocycles. The fraction of sp³-hybridized carbons (Fsp3) is 0.222. The predicted molar refractivity (Wildman–Crippen MR) is 263 cm³/mol. The standard InChI is InChI=1S/C38H32F2N4O6.C16H11BrN2O2/c1-20-25(26-8-5-10-28(21(26)2)36-43-30-14-22(19-45)13-23(17-41)34(30)50-36)7-4-9-27(20)35-42-29-15-24(32(49-38(39)40)16-33(29)48-35)18-44-12-6-11-31(44)37(46)47-3;1-9-12(3-2-4-13(9)17)16-19-14-6-10(8-20)5-11(7-18)15(14)21-16/h4-5,7-10,13-16,31,38,45H,6,11-12,18-19H2,1-3H3;2-6,20H,8H2,1H3/t31-;/m0./s1. The molecule has 14 nitrogen and oxygen atoms in total. The molecule has 1 aliphatic heterocycles. The van der Waals surface area contributed by atoms with Gasteiger partial charge < -0.3 is 32.9 Å². The number of oxazole rings is 3. The van der Waals surface area contributed by atoms with Gasteiger partial charge in [0.05, 0.1) is 31.5 Å². The number of aliphatic hydroxyl groups excluding tert-OH is 2. The van der Waals surface area contributed by atoms with E-state index >= 15 is 0 Å². The van der Waals surface area contributed by atoms with Gasteiger partial charge in [0.2, 0.25) is 17.7 Å². The van der Waals surface area contributed by atoms with Gasteiger partial charge in [0.25, 0.3) is 0 Å². The minimum Gasteiger partial charge on any atom is -0.468 e. The number of fused-ring (bicyclic) bond motifs is 3. The maximum atomic E-state index is 13.5. The number of aromatic nitrogens is 3. The Bertz CT molecular complexity index is 3610. The van der Waals surface area contributed by atoms with Crippen molar-refractivity contribution in [3.8, 4) is 63.4 Å². The van der Waals surface area contributed by atoms with Gasteiger partial charge in [-0.1, -0.05) is 46.3 Å². The summed E-state index contributed by atoms with van der Waals surface area (Å²) in [5, 5.41) is 37.7. The van der Waals surface area contributed by atoms with Gasteiger partial charge in [-0.25, -0.2) is 15.0 Å². The highest BCUT2D eigenvalue weighted by molar-refractivity contribution is 9.10. The van der Waals surface area contributed by atoms with Crippen LogP contribution in [0.25, 0.3) is 78.8 Å². The molecular weight excluding hydrogens is 979 g/mol. The molecule has 3 aromatic heterocycles. The first-order valence-electron chi connectivity index (χ1n) is 22.4. The topological polar surface area (TPSA) is 205 Å². The Hall–Kier alpha value is -7.80. The summed E-state index contributed by atoms with van der Waals surface area (Å²) in [7, 11) is 1.33. The Morgan fingerprint density at radius 3 is 1.77 bits per heavy atom. The van der Waals surface area contributed by atoms with E-state index in [2.05, 4.69) is 38.0 Å². The van der Waals surface area contributed by atoms with E-state index in [4.69, 9.17) is 27.7 Å². The molecule has 1 fully saturated rings. The summed E-state index contributed by atoms with van der Waals surface area (Å²) >= 11 is 3.48. The summed E-state index contributed by atoms with van der Waals surface area (Å²) in [4.78, 5) is 28.1. The lowest BCUT2D eigenvalue weighted by Gasteiger charge is -2.23. The predicted octanol–water partition coefficient (Wildman–Crippen LogP) is 11.6. The first-order chi connectivity index (χ1) is 34.3. The van der Waals surface area contributed by atoms with Crippen LogP contribution >= 0.6 is 15.9 Å². The molecule has 1 aliphatic rings. The normalized spacial score (nSPS) is 13.7. The molecule has 1 saturated heterocycles. The summed E-state index contributed by atoms with van der Waals surface area (Å²) < 4.78 is 55.9. The largest absolute Gasteiger partial charge is 0.468 e. The molecule has 0 aliphatic carbocycles. The summed E-state index contributed by atoms with van der Waals surface area (Å²) in [6.45, 7) is 3.29. The monoisotopic (exact) mass is 1020 g/mol. The summed E-state index contributed by atoms with van der Waals surface area (Å²) in [6, 6.07) is 30.8. The molecule has 4 heterocycles. The maximum absolute atomic E-state index is 13.5. The van der Waals surface area contributed by atoms with E-state index in [9.17, 15) is 34.3 Å². The number of methoxy groups -OCH3 is 1. The highest BCUT2D eigenvalue weighted by Crippen LogP contribution is 2.40. The number of likely N-dealkylation sites (tertiary alicyclic amines) is 1. The zero-order chi connectivity index (χ0) is 50.1. The van der Waals surface area contributed by atoms with Crippen molar-refractivity contribution in [1.29, 1.82) is 10.5 Å². The number of rotatable bonds is 11. The van der Waals surface area contributed by atoms with Crippen LogP contribution in [0.2, 0.25) is 0 Å². The lowest BCUT2D eigenvalue weighted by atomic mass is 9.91. The van der Waals surface area contributed by atoms with Crippen molar-refractivity contribution in [2.45, 2.75) is 66.0 Å². The molecular formula is C54H43BrF2N6O8. The fourth-order valence-electron chi connectivity index (χ4n) is 9.00. The second-order valence-corrected chi connectivity index (χ2v) is 17.8. The highest BCUT2D eigenvalue weighted by Gasteiger charge is 2.32. The van der Waals surface area contributed by atoms with Crippen molar-refractivity contribution in [3.63, 3.8) is 0 Å². The van der Waals surface area contributed by atoms with Crippen LogP contribution in [-0.4, -0.2) is 62.3 Å². The van der Waals surface area contributed by atoms with Crippen LogP contribution in [0, 0.1) is 43.4 Å². The summed E-state index contributed by atoms with van der Waals surface area (Å²) in [5.74, 6) is 0.721. The number of hydrogen-bond donors (Lipinski definition) is 2. The lowest BCUT2D eigenvalue weighted by Crippen LogP contribution is -2.36. The molecule has 9 aromatic rings. The smallest absolute Gasteiger partial charge is 0.387 e. The number of esters is 1. The van der Waals surface area contributed by atoms with E-state index in [1.807, 2.05) is 80.3 Å². The van der Waals surface area contributed by atoms with Gasteiger partial charge >= 0.3 is 12.6 Å². The molecule has 10 rings (SSSR count). The van der Waals surface area contributed by atoms with Gasteiger partial charge in [-0.2, -0.15) is 19.3 Å². The number of aliphatic hydroxyl groups is 2. The van der Waals surface area contributed by atoms with E-state index in [-0.39, 0.29) is 37.1 Å². The molecule has 0 saturated carbocycles. The Morgan fingerprint density at radius 2 is 1.25 bits per heavy atom. The maximum Gasteiger partial charge on any atom is 0.387 e. The number of ether oxygens (including phenoxy) is 2. The summed E-state index contributed by atoms with van der Waals surface area (Å²) in [6.07, 6.45) is 1.40. The molecule has 0 radical (unpaired) electrons. The van der Waals surface area contributed by atoms with Crippen molar-refractivity contribution >= 4 is 55.2 Å². The third-order valence-corrected chi connectivity index (χ3v) is 13.5. The zero-order valence-corrected chi connectivity index (χ0v) is 40.3. The molecule has 17 heteroatoms. The Balaban J connectivity index is 0.000000247. The van der Waals surface area contributed by atoms with Crippen LogP contribution in [0.4, 0.5) is 8.78 Å². The van der Waals surface area contributed by atoms with Crippen molar-refractivity contribution < 1.29 is 46.5 Å². The quantitative estimate of drug-likeness (QED) is 0.116. The van der Waals surface area contributed by atoms with Crippen LogP contribution in [0.3, 0.4) is 0 Å². The van der Waals surface area contributed by atoms with Crippen LogP contribution < -0.4 is 4.74 Å². The summed E-state index contributed by atoms with van der Waals surface area (Å²) in [5.41, 5.74) is 11.9. The molecule has 1 atom stereocenters. The lowest BCUT2D eigenvalue weighted by molar-refractivity contribution is -0.146. The minimum atomic E-state index is -3.05. The second kappa shape index (κ2) is 20.3. The Labute approximate surface area is 413 Å². The second-order valence-electron chi connectivity index (χ2n) is 16.9. The van der Waals surface area contributed by atoms with Crippen LogP contribution in [0.15, 0.2) is 109 Å². The third kappa shape index (κ3) is 9.48. The van der Waals surface area contributed by atoms with Crippen molar-refractivity contribution in [3.05, 3.63) is 140 Å². The number of halogens is 3. The van der Waals surface area contributed by atoms with E-state index in [0.29, 0.717) is 91.7 Å². The molecule has 358 valence electrons. The zero-order valence-electron chi connectivity index (χ0n) is 38.7. The number of nitrogens with zero attached hydrogens (tertiary/aromatic N) is 6. The van der Waals surface area contributed by atoms with E-state index in [1.54, 1.807) is 30.3 Å². The van der Waals surface area contributed by atoms with Gasteiger partial charge in [-0.05, 0) is 134 Å².